The van der Waals surface area contributed by atoms with Gasteiger partial charge < -0.3 is 10.2 Å². The van der Waals surface area contributed by atoms with Gasteiger partial charge in [0, 0.05) is 0 Å². The molecule has 0 aromatic carbocycles. The van der Waals surface area contributed by atoms with E-state index in [0.717, 1.165) is 0 Å². The van der Waals surface area contributed by atoms with Crippen LogP contribution >= 0.6 is 0 Å². The fourth-order valence-electron chi connectivity index (χ4n) is 0.670. The monoisotopic (exact) mass is 140 g/mol. The molecule has 3 heteroatoms. The van der Waals surface area contributed by atoms with Crippen molar-refractivity contribution in [1.82, 2.24) is 0 Å². The summed E-state index contributed by atoms with van der Waals surface area (Å²) in [5.41, 5.74) is 0. The summed E-state index contributed by atoms with van der Waals surface area (Å²) in [6, 6.07) is 0. The first kappa shape index (κ1) is 7.18. The molecular weight excluding hydrogens is 132 g/mol. The molecule has 10 heavy (non-hydrogen) atoms. The maximum atomic E-state index is 10.6. The van der Waals surface area contributed by atoms with Crippen LogP contribution in [-0.4, -0.2) is 28.2 Å². The number of allylic oxidation sites excluding steroid dienone is 2. The molecule has 0 bridgehead atoms. The van der Waals surface area contributed by atoms with Crippen LogP contribution in [0.5, 0.6) is 0 Å². The molecule has 2 N–H and O–H groups in total. The molecule has 0 heterocycles. The second-order valence-electron chi connectivity index (χ2n) is 2.10. The second kappa shape index (κ2) is 2.77. The zero-order valence-electron chi connectivity index (χ0n) is 5.27. The molecule has 0 aliphatic heterocycles. The van der Waals surface area contributed by atoms with E-state index < -0.39 is 12.2 Å². The summed E-state index contributed by atoms with van der Waals surface area (Å²) in [6.07, 6.45) is 3.10. The lowest BCUT2D eigenvalue weighted by molar-refractivity contribution is -0.110. The highest BCUT2D eigenvalue weighted by atomic mass is 16.3. The Hall–Kier alpha value is -0.930. The highest BCUT2D eigenvalue weighted by molar-refractivity contribution is 5.99. The fourth-order valence-corrected chi connectivity index (χ4v) is 0.670. The topological polar surface area (TPSA) is 57.5 Å². The Morgan fingerprint density at radius 2 is 1.50 bits per heavy atom. The Labute approximate surface area is 58.3 Å². The van der Waals surface area contributed by atoms with Gasteiger partial charge in [0.1, 0.15) is 12.2 Å². The third kappa shape index (κ3) is 1.52. The SMILES string of the molecule is O=C1C=C[C@@H](O)[C@H](O)C=C1. The van der Waals surface area contributed by atoms with Gasteiger partial charge in [-0.05, 0) is 24.3 Å². The largest absolute Gasteiger partial charge is 0.386 e. The van der Waals surface area contributed by atoms with Crippen molar-refractivity contribution in [3.05, 3.63) is 24.3 Å². The molecule has 0 saturated carbocycles. The number of hydrogen-bond acceptors (Lipinski definition) is 3. The van der Waals surface area contributed by atoms with E-state index in [9.17, 15) is 4.79 Å². The molecule has 0 aromatic heterocycles. The van der Waals surface area contributed by atoms with Crippen molar-refractivity contribution >= 4 is 5.78 Å². The molecule has 2 atom stereocenters. The van der Waals surface area contributed by atoms with E-state index in [1.165, 1.54) is 24.3 Å². The standard InChI is InChI=1S/C7H8O3/c8-5-1-3-6(9)7(10)4-2-5/h1-4,6-7,9-10H/t6-,7-/m1/s1. The first-order chi connectivity index (χ1) is 4.70. The molecular formula is C7H8O3. The first-order valence-electron chi connectivity index (χ1n) is 2.96. The summed E-state index contributed by atoms with van der Waals surface area (Å²) in [5.74, 6) is -0.212. The van der Waals surface area contributed by atoms with E-state index in [2.05, 4.69) is 0 Å². The number of carbonyl (C=O) groups excluding carboxylic acids is 1. The van der Waals surface area contributed by atoms with Crippen LogP contribution in [0.3, 0.4) is 0 Å². The van der Waals surface area contributed by atoms with E-state index in [0.29, 0.717) is 0 Å². The molecule has 1 rings (SSSR count). The fraction of sp³-hybridized carbons (Fsp3) is 0.286. The maximum Gasteiger partial charge on any atom is 0.178 e. The van der Waals surface area contributed by atoms with Crippen molar-refractivity contribution < 1.29 is 15.0 Å². The van der Waals surface area contributed by atoms with Gasteiger partial charge in [-0.25, -0.2) is 0 Å². The predicted octanol–water partition coefficient (Wildman–Crippen LogP) is -0.597. The Morgan fingerprint density at radius 1 is 1.10 bits per heavy atom. The zero-order valence-corrected chi connectivity index (χ0v) is 5.27. The third-order valence-electron chi connectivity index (χ3n) is 1.27. The van der Waals surface area contributed by atoms with Gasteiger partial charge in [-0.1, -0.05) is 0 Å². The number of aliphatic hydroxyl groups excluding tert-OH is 2. The lowest BCUT2D eigenvalue weighted by Crippen LogP contribution is -2.20. The summed E-state index contributed by atoms with van der Waals surface area (Å²) in [6.45, 7) is 0. The predicted molar refractivity (Wildman–Crippen MR) is 35.3 cm³/mol. The Kier molecular flexibility index (Phi) is 1.99. The molecule has 0 saturated heterocycles. The second-order valence-corrected chi connectivity index (χ2v) is 2.10. The number of ketones is 1. The summed E-state index contributed by atoms with van der Waals surface area (Å²) < 4.78 is 0. The first-order valence-corrected chi connectivity index (χ1v) is 2.96. The number of carbonyl (C=O) groups is 1. The van der Waals surface area contributed by atoms with E-state index in [-0.39, 0.29) is 5.78 Å². The van der Waals surface area contributed by atoms with Crippen LogP contribution in [0.1, 0.15) is 0 Å². The van der Waals surface area contributed by atoms with Gasteiger partial charge in [-0.2, -0.15) is 0 Å². The summed E-state index contributed by atoms with van der Waals surface area (Å²) in [7, 11) is 0. The number of aliphatic hydroxyl groups is 2. The van der Waals surface area contributed by atoms with Gasteiger partial charge in [0.15, 0.2) is 5.78 Å². The van der Waals surface area contributed by atoms with Gasteiger partial charge in [0.2, 0.25) is 0 Å². The molecule has 1 aliphatic rings. The lowest BCUT2D eigenvalue weighted by Gasteiger charge is -2.06. The minimum atomic E-state index is -0.956. The smallest absolute Gasteiger partial charge is 0.178 e. The molecule has 0 radical (unpaired) electrons. The van der Waals surface area contributed by atoms with Crippen molar-refractivity contribution in [1.29, 1.82) is 0 Å². The lowest BCUT2D eigenvalue weighted by atomic mass is 10.2. The van der Waals surface area contributed by atoms with Crippen molar-refractivity contribution in [3.63, 3.8) is 0 Å². The maximum absolute atomic E-state index is 10.6. The van der Waals surface area contributed by atoms with Crippen LogP contribution in [0.25, 0.3) is 0 Å². The molecule has 54 valence electrons. The minimum Gasteiger partial charge on any atom is -0.386 e. The van der Waals surface area contributed by atoms with E-state index in [4.69, 9.17) is 10.2 Å². The molecule has 0 spiro atoms. The van der Waals surface area contributed by atoms with Gasteiger partial charge in [-0.3, -0.25) is 4.79 Å². The summed E-state index contributed by atoms with van der Waals surface area (Å²) >= 11 is 0. The van der Waals surface area contributed by atoms with Crippen molar-refractivity contribution in [2.75, 3.05) is 0 Å². The minimum absolute atomic E-state index is 0.212. The average Bonchev–Trinajstić information content (AvgIpc) is 2.04. The van der Waals surface area contributed by atoms with Crippen LogP contribution < -0.4 is 0 Å². The van der Waals surface area contributed by atoms with Gasteiger partial charge >= 0.3 is 0 Å². The number of rotatable bonds is 0. The van der Waals surface area contributed by atoms with E-state index >= 15 is 0 Å². The van der Waals surface area contributed by atoms with Gasteiger partial charge in [0.25, 0.3) is 0 Å². The Morgan fingerprint density at radius 3 is 1.90 bits per heavy atom. The van der Waals surface area contributed by atoms with Crippen LogP contribution in [0.2, 0.25) is 0 Å². The van der Waals surface area contributed by atoms with Crippen LogP contribution in [0, 0.1) is 0 Å². The average molecular weight is 140 g/mol. The van der Waals surface area contributed by atoms with Gasteiger partial charge in [-0.15, -0.1) is 0 Å². The van der Waals surface area contributed by atoms with E-state index in [1.54, 1.807) is 0 Å². The molecule has 0 fully saturated rings. The van der Waals surface area contributed by atoms with Crippen molar-refractivity contribution in [2.45, 2.75) is 12.2 Å². The molecule has 0 amide bonds. The molecule has 0 aromatic rings. The van der Waals surface area contributed by atoms with Crippen LogP contribution in [-0.2, 0) is 4.79 Å². The van der Waals surface area contributed by atoms with Gasteiger partial charge in [0.05, 0.1) is 0 Å². The van der Waals surface area contributed by atoms with Crippen LogP contribution in [0.4, 0.5) is 0 Å². The highest BCUT2D eigenvalue weighted by Gasteiger charge is 2.12. The van der Waals surface area contributed by atoms with E-state index in [1.807, 2.05) is 0 Å². The zero-order chi connectivity index (χ0) is 7.56. The third-order valence-corrected chi connectivity index (χ3v) is 1.27. The Bertz CT molecular complexity index is 173. The van der Waals surface area contributed by atoms with Crippen molar-refractivity contribution in [3.8, 4) is 0 Å². The Balaban J connectivity index is 2.79. The molecule has 0 unspecified atom stereocenters. The molecule has 1 aliphatic carbocycles. The summed E-state index contributed by atoms with van der Waals surface area (Å²) in [5, 5.41) is 17.9. The molecule has 3 nitrogen and oxygen atoms in total. The van der Waals surface area contributed by atoms with Crippen molar-refractivity contribution in [2.24, 2.45) is 0 Å². The highest BCUT2D eigenvalue weighted by Crippen LogP contribution is 2.01. The van der Waals surface area contributed by atoms with Crippen LogP contribution in [0.15, 0.2) is 24.3 Å². The summed E-state index contributed by atoms with van der Waals surface area (Å²) in [4.78, 5) is 10.6. The normalized spacial score (nSPS) is 32.4. The quantitative estimate of drug-likeness (QED) is 0.472. The number of hydrogen-bond donors (Lipinski definition) is 2.